The summed E-state index contributed by atoms with van der Waals surface area (Å²) in [7, 11) is 0. The van der Waals surface area contributed by atoms with E-state index in [-0.39, 0.29) is 11.3 Å². The molecule has 1 heterocycles. The van der Waals surface area contributed by atoms with Crippen LogP contribution < -0.4 is 4.74 Å². The molecule has 30 heavy (non-hydrogen) atoms. The van der Waals surface area contributed by atoms with E-state index in [4.69, 9.17) is 9.47 Å². The molecule has 0 spiro atoms. The highest BCUT2D eigenvalue weighted by Crippen LogP contribution is 2.40. The SMILES string of the molecule is Cc1cc(Br)cc2c1OC(C(F)(F)F)C(C(=O)O[C@@H](C)OC(=O)CCO[N+](=O)[O-])=C2. The summed E-state index contributed by atoms with van der Waals surface area (Å²) in [5, 5.41) is 8.90. The third kappa shape index (κ3) is 6.08. The molecule has 13 heteroatoms. The van der Waals surface area contributed by atoms with Crippen molar-refractivity contribution in [3.63, 3.8) is 0 Å². The van der Waals surface area contributed by atoms with Crippen molar-refractivity contribution in [2.24, 2.45) is 0 Å². The van der Waals surface area contributed by atoms with Gasteiger partial charge >= 0.3 is 18.1 Å². The molecule has 0 amide bonds. The molecule has 9 nitrogen and oxygen atoms in total. The van der Waals surface area contributed by atoms with E-state index in [9.17, 15) is 32.9 Å². The first-order chi connectivity index (χ1) is 13.9. The fraction of sp³-hybridized carbons (Fsp3) is 0.412. The zero-order chi connectivity index (χ0) is 22.6. The average molecular weight is 498 g/mol. The highest BCUT2D eigenvalue weighted by molar-refractivity contribution is 9.10. The second-order valence-electron chi connectivity index (χ2n) is 6.05. The molecular formula is C17H15BrF3NO8. The number of carbonyl (C=O) groups excluding carboxylic acids is 2. The second kappa shape index (κ2) is 9.32. The standard InChI is InChI=1S/C17H15BrF3NO8/c1-8-5-11(18)6-10-7-12(15(17(19,20)21)30-14(8)10)16(24)29-9(2)28-13(23)3-4-27-22(25)26/h5-7,9,15H,3-4H2,1-2H3/t9-,15?/m0/s1. The number of carbonyl (C=O) groups is 2. The Bertz CT molecular complexity index is 886. The molecule has 0 saturated heterocycles. The van der Waals surface area contributed by atoms with Crippen LogP contribution in [0.4, 0.5) is 13.2 Å². The highest BCUT2D eigenvalue weighted by atomic mass is 79.9. The molecule has 0 aliphatic carbocycles. The summed E-state index contributed by atoms with van der Waals surface area (Å²) in [6, 6.07) is 3.04. The summed E-state index contributed by atoms with van der Waals surface area (Å²) in [4.78, 5) is 37.8. The lowest BCUT2D eigenvalue weighted by molar-refractivity contribution is -0.757. The Kier molecular flexibility index (Phi) is 7.29. The number of ether oxygens (including phenoxy) is 3. The quantitative estimate of drug-likeness (QED) is 0.243. The molecule has 0 saturated carbocycles. The maximum Gasteiger partial charge on any atom is 0.430 e. The lowest BCUT2D eigenvalue weighted by atomic mass is 9.99. The van der Waals surface area contributed by atoms with E-state index in [1.807, 2.05) is 0 Å². The largest absolute Gasteiger partial charge is 0.475 e. The number of rotatable bonds is 7. The van der Waals surface area contributed by atoms with E-state index in [1.54, 1.807) is 13.0 Å². The number of hydrogen-bond donors (Lipinski definition) is 0. The monoisotopic (exact) mass is 497 g/mol. The molecule has 0 bridgehead atoms. The lowest BCUT2D eigenvalue weighted by Crippen LogP contribution is -2.41. The zero-order valence-electron chi connectivity index (χ0n) is 15.5. The predicted octanol–water partition coefficient (Wildman–Crippen LogP) is 3.50. The van der Waals surface area contributed by atoms with Crippen molar-refractivity contribution in [3.05, 3.63) is 43.4 Å². The number of benzene rings is 1. The Hall–Kier alpha value is -2.83. The van der Waals surface area contributed by atoms with Gasteiger partial charge in [-0.2, -0.15) is 13.2 Å². The Morgan fingerprint density at radius 2 is 2.00 bits per heavy atom. The number of aryl methyl sites for hydroxylation is 1. The highest BCUT2D eigenvalue weighted by Gasteiger charge is 2.49. The van der Waals surface area contributed by atoms with E-state index in [2.05, 4.69) is 25.5 Å². The molecule has 2 atom stereocenters. The number of hydrogen-bond acceptors (Lipinski definition) is 8. The fourth-order valence-electron chi connectivity index (χ4n) is 2.55. The van der Waals surface area contributed by atoms with Gasteiger partial charge in [0.05, 0.1) is 12.0 Å². The molecule has 0 radical (unpaired) electrons. The molecular weight excluding hydrogens is 483 g/mol. The molecule has 2 rings (SSSR count). The Balaban J connectivity index is 2.15. The van der Waals surface area contributed by atoms with Crippen molar-refractivity contribution in [3.8, 4) is 5.75 Å². The molecule has 1 aliphatic heterocycles. The molecule has 1 aliphatic rings. The first-order valence-corrected chi connectivity index (χ1v) is 9.10. The van der Waals surface area contributed by atoms with Crippen LogP contribution in [0.1, 0.15) is 24.5 Å². The molecule has 1 aromatic carbocycles. The minimum atomic E-state index is -4.91. The maximum absolute atomic E-state index is 13.5. The van der Waals surface area contributed by atoms with Crippen molar-refractivity contribution in [2.45, 2.75) is 38.8 Å². The van der Waals surface area contributed by atoms with Crippen LogP contribution in [0.3, 0.4) is 0 Å². The number of nitrogens with zero attached hydrogens (tertiary/aromatic N) is 1. The molecule has 164 valence electrons. The van der Waals surface area contributed by atoms with Gasteiger partial charge in [-0.15, -0.1) is 10.1 Å². The minimum absolute atomic E-state index is 0.0256. The van der Waals surface area contributed by atoms with Crippen LogP contribution in [0.25, 0.3) is 6.08 Å². The first kappa shape index (κ1) is 23.4. The van der Waals surface area contributed by atoms with Crippen molar-refractivity contribution in [1.29, 1.82) is 0 Å². The number of halogens is 4. The third-order valence-electron chi connectivity index (χ3n) is 3.70. The van der Waals surface area contributed by atoms with Gasteiger partial charge in [-0.3, -0.25) is 4.79 Å². The van der Waals surface area contributed by atoms with Gasteiger partial charge in [0.25, 0.3) is 5.09 Å². The summed E-state index contributed by atoms with van der Waals surface area (Å²) in [5.41, 5.74) is -0.167. The van der Waals surface area contributed by atoms with E-state index in [0.717, 1.165) is 13.0 Å². The topological polar surface area (TPSA) is 114 Å². The fourth-order valence-corrected chi connectivity index (χ4v) is 3.14. The molecule has 0 aromatic heterocycles. The summed E-state index contributed by atoms with van der Waals surface area (Å²) in [6.45, 7) is 2.07. The number of fused-ring (bicyclic) bond motifs is 1. The minimum Gasteiger partial charge on any atom is -0.475 e. The lowest BCUT2D eigenvalue weighted by Gasteiger charge is -2.29. The van der Waals surface area contributed by atoms with Crippen molar-refractivity contribution in [2.75, 3.05) is 6.61 Å². The van der Waals surface area contributed by atoms with Gasteiger partial charge in [0.15, 0.2) is 0 Å². The number of esters is 2. The van der Waals surface area contributed by atoms with Gasteiger partial charge < -0.3 is 19.0 Å². The summed E-state index contributed by atoms with van der Waals surface area (Å²) < 4.78 is 55.5. The molecule has 1 unspecified atom stereocenters. The zero-order valence-corrected chi connectivity index (χ0v) is 17.1. The van der Waals surface area contributed by atoms with E-state index >= 15 is 0 Å². The normalized spacial score (nSPS) is 16.5. The Morgan fingerprint density at radius 1 is 1.33 bits per heavy atom. The number of alkyl halides is 3. The molecule has 0 N–H and O–H groups in total. The van der Waals surface area contributed by atoms with Crippen LogP contribution in [0.2, 0.25) is 0 Å². The van der Waals surface area contributed by atoms with E-state index in [1.165, 1.54) is 6.07 Å². The van der Waals surface area contributed by atoms with Crippen molar-refractivity contribution in [1.82, 2.24) is 0 Å². The van der Waals surface area contributed by atoms with Crippen LogP contribution in [0.15, 0.2) is 22.2 Å². The summed E-state index contributed by atoms with van der Waals surface area (Å²) in [5.74, 6) is -2.44. The van der Waals surface area contributed by atoms with E-state index in [0.29, 0.717) is 10.0 Å². The van der Waals surface area contributed by atoms with E-state index < -0.39 is 54.2 Å². The van der Waals surface area contributed by atoms with Gasteiger partial charge in [-0.05, 0) is 30.7 Å². The van der Waals surface area contributed by atoms with Crippen LogP contribution in [-0.2, 0) is 23.9 Å². The van der Waals surface area contributed by atoms with Gasteiger partial charge in [-0.1, -0.05) is 15.9 Å². The van der Waals surface area contributed by atoms with Crippen LogP contribution >= 0.6 is 15.9 Å². The summed E-state index contributed by atoms with van der Waals surface area (Å²) in [6.07, 6.45) is -8.58. The van der Waals surface area contributed by atoms with Crippen LogP contribution in [0, 0.1) is 17.0 Å². The van der Waals surface area contributed by atoms with Gasteiger partial charge in [-0.25, -0.2) is 4.79 Å². The first-order valence-electron chi connectivity index (χ1n) is 8.31. The van der Waals surface area contributed by atoms with Gasteiger partial charge in [0.1, 0.15) is 12.4 Å². The Labute approximate surface area is 175 Å². The summed E-state index contributed by atoms with van der Waals surface area (Å²) >= 11 is 3.22. The molecule has 0 fully saturated rings. The van der Waals surface area contributed by atoms with Gasteiger partial charge in [0, 0.05) is 17.0 Å². The Morgan fingerprint density at radius 3 is 2.60 bits per heavy atom. The second-order valence-corrected chi connectivity index (χ2v) is 6.97. The van der Waals surface area contributed by atoms with Crippen molar-refractivity contribution >= 4 is 33.9 Å². The van der Waals surface area contributed by atoms with Crippen molar-refractivity contribution < 1.29 is 46.9 Å². The van der Waals surface area contributed by atoms with Crippen LogP contribution in [-0.4, -0.2) is 42.2 Å². The predicted molar refractivity (Wildman–Crippen MR) is 96.5 cm³/mol. The molecule has 1 aromatic rings. The smallest absolute Gasteiger partial charge is 0.430 e. The maximum atomic E-state index is 13.5. The van der Waals surface area contributed by atoms with Crippen LogP contribution in [0.5, 0.6) is 5.75 Å². The van der Waals surface area contributed by atoms with Gasteiger partial charge in [0.2, 0.25) is 12.4 Å². The third-order valence-corrected chi connectivity index (χ3v) is 4.16. The average Bonchev–Trinajstić information content (AvgIpc) is 2.59.